The molecular formula is C23H30N2O2S. The molecule has 1 unspecified atom stereocenters. The number of nitrogens with one attached hydrogen (secondary N) is 1. The summed E-state index contributed by atoms with van der Waals surface area (Å²) in [7, 11) is 1.68. The summed E-state index contributed by atoms with van der Waals surface area (Å²) in [6.07, 6.45) is 5.82. The third-order valence-electron chi connectivity index (χ3n) is 5.32. The molecule has 1 aliphatic rings. The van der Waals surface area contributed by atoms with Crippen molar-refractivity contribution in [2.45, 2.75) is 31.1 Å². The van der Waals surface area contributed by atoms with E-state index in [2.05, 4.69) is 28.6 Å². The van der Waals surface area contributed by atoms with Gasteiger partial charge < -0.3 is 10.1 Å². The Hall–Kier alpha value is -1.98. The average Bonchev–Trinajstić information content (AvgIpc) is 2.76. The van der Waals surface area contributed by atoms with E-state index in [-0.39, 0.29) is 11.9 Å². The maximum absolute atomic E-state index is 12.7. The van der Waals surface area contributed by atoms with Crippen LogP contribution in [-0.2, 0) is 5.75 Å². The largest absolute Gasteiger partial charge is 0.497 e. The van der Waals surface area contributed by atoms with Crippen LogP contribution in [0.3, 0.4) is 0 Å². The third kappa shape index (κ3) is 5.52. The van der Waals surface area contributed by atoms with Gasteiger partial charge >= 0.3 is 0 Å². The molecule has 2 aromatic rings. The normalized spacial score (nSPS) is 15.8. The van der Waals surface area contributed by atoms with Gasteiger partial charge in [0.25, 0.3) is 5.91 Å². The molecule has 0 bridgehead atoms. The number of rotatable bonds is 8. The molecule has 1 N–H and O–H groups in total. The Morgan fingerprint density at radius 1 is 1.07 bits per heavy atom. The zero-order valence-electron chi connectivity index (χ0n) is 16.8. The number of hydrogen-bond donors (Lipinski definition) is 1. The molecule has 0 aliphatic carbocycles. The molecule has 4 nitrogen and oxygen atoms in total. The van der Waals surface area contributed by atoms with Gasteiger partial charge in [-0.3, -0.25) is 9.69 Å². The van der Waals surface area contributed by atoms with Crippen molar-refractivity contribution < 1.29 is 9.53 Å². The van der Waals surface area contributed by atoms with Crippen molar-refractivity contribution in [3.63, 3.8) is 0 Å². The van der Waals surface area contributed by atoms with Crippen LogP contribution in [0.2, 0.25) is 0 Å². The fourth-order valence-electron chi connectivity index (χ4n) is 3.72. The number of carbonyl (C=O) groups is 1. The molecule has 1 aliphatic heterocycles. The lowest BCUT2D eigenvalue weighted by Gasteiger charge is -2.35. The van der Waals surface area contributed by atoms with Crippen LogP contribution < -0.4 is 10.1 Å². The van der Waals surface area contributed by atoms with E-state index in [1.54, 1.807) is 18.9 Å². The minimum atomic E-state index is -0.00813. The Labute approximate surface area is 172 Å². The Morgan fingerprint density at radius 2 is 1.75 bits per heavy atom. The second-order valence-electron chi connectivity index (χ2n) is 7.23. The Bertz CT molecular complexity index is 740. The van der Waals surface area contributed by atoms with Crippen LogP contribution >= 0.6 is 11.8 Å². The lowest BCUT2D eigenvalue weighted by Crippen LogP contribution is -2.40. The summed E-state index contributed by atoms with van der Waals surface area (Å²) in [4.78, 5) is 15.2. The van der Waals surface area contributed by atoms with Crippen LogP contribution in [0.5, 0.6) is 5.75 Å². The standard InChI is InChI=1S/C23H30N2O2S/c1-27-21-12-10-19(11-13-21)22(25-14-4-3-5-15-25)16-24-23(26)20-8-6-18(7-9-20)17-28-2/h6-13,22H,3-5,14-17H2,1-2H3,(H,24,26). The smallest absolute Gasteiger partial charge is 0.251 e. The predicted octanol–water partition coefficient (Wildman–Crippen LogP) is 4.52. The molecule has 0 spiro atoms. The number of thioether (sulfide) groups is 1. The third-order valence-corrected chi connectivity index (χ3v) is 5.94. The summed E-state index contributed by atoms with van der Waals surface area (Å²) >= 11 is 1.78. The van der Waals surface area contributed by atoms with Crippen molar-refractivity contribution >= 4 is 17.7 Å². The zero-order chi connectivity index (χ0) is 19.8. The molecule has 1 amide bonds. The van der Waals surface area contributed by atoms with Gasteiger partial charge in [-0.2, -0.15) is 11.8 Å². The molecule has 1 atom stereocenters. The van der Waals surface area contributed by atoms with E-state index >= 15 is 0 Å². The van der Waals surface area contributed by atoms with Gasteiger partial charge in [-0.15, -0.1) is 0 Å². The number of methoxy groups -OCH3 is 1. The number of nitrogens with zero attached hydrogens (tertiary/aromatic N) is 1. The Balaban J connectivity index is 1.68. The molecule has 1 heterocycles. The van der Waals surface area contributed by atoms with E-state index in [9.17, 15) is 4.79 Å². The molecule has 1 saturated heterocycles. The van der Waals surface area contributed by atoms with Gasteiger partial charge in [-0.1, -0.05) is 30.7 Å². The first-order chi connectivity index (χ1) is 13.7. The summed E-state index contributed by atoms with van der Waals surface area (Å²) in [5, 5.41) is 3.16. The number of likely N-dealkylation sites (tertiary alicyclic amines) is 1. The first kappa shape index (κ1) is 20.7. The molecule has 150 valence electrons. The van der Waals surface area contributed by atoms with E-state index in [4.69, 9.17) is 4.74 Å². The van der Waals surface area contributed by atoms with Crippen LogP contribution in [0, 0.1) is 0 Å². The quantitative estimate of drug-likeness (QED) is 0.710. The number of hydrogen-bond acceptors (Lipinski definition) is 4. The van der Waals surface area contributed by atoms with Gasteiger partial charge in [0.1, 0.15) is 5.75 Å². The maximum atomic E-state index is 12.7. The van der Waals surface area contributed by atoms with Gasteiger partial charge in [0.15, 0.2) is 0 Å². The SMILES string of the molecule is COc1ccc(C(CNC(=O)c2ccc(CSC)cc2)N2CCCCC2)cc1. The molecule has 0 saturated carbocycles. The second-order valence-corrected chi connectivity index (χ2v) is 8.09. The highest BCUT2D eigenvalue weighted by Crippen LogP contribution is 2.26. The topological polar surface area (TPSA) is 41.6 Å². The second kappa shape index (κ2) is 10.5. The van der Waals surface area contributed by atoms with Crippen molar-refractivity contribution in [3.8, 4) is 5.75 Å². The van der Waals surface area contributed by atoms with E-state index in [0.29, 0.717) is 6.54 Å². The molecule has 1 fully saturated rings. The van der Waals surface area contributed by atoms with Crippen LogP contribution in [-0.4, -0.2) is 43.8 Å². The molecule has 0 radical (unpaired) electrons. The summed E-state index contributed by atoms with van der Waals surface area (Å²) in [5.74, 6) is 1.82. The first-order valence-corrected chi connectivity index (χ1v) is 11.3. The summed E-state index contributed by atoms with van der Waals surface area (Å²) in [5.41, 5.74) is 3.18. The first-order valence-electron chi connectivity index (χ1n) is 9.95. The molecule has 2 aromatic carbocycles. The van der Waals surface area contributed by atoms with Crippen LogP contribution in [0.25, 0.3) is 0 Å². The van der Waals surface area contributed by atoms with Crippen LogP contribution in [0.15, 0.2) is 48.5 Å². The number of carbonyl (C=O) groups excluding carboxylic acids is 1. The van der Waals surface area contributed by atoms with Crippen molar-refractivity contribution in [1.82, 2.24) is 10.2 Å². The van der Waals surface area contributed by atoms with E-state index in [0.717, 1.165) is 30.2 Å². The van der Waals surface area contributed by atoms with Crippen molar-refractivity contribution in [3.05, 3.63) is 65.2 Å². The van der Waals surface area contributed by atoms with Crippen LogP contribution in [0.1, 0.15) is 46.8 Å². The minimum Gasteiger partial charge on any atom is -0.497 e. The molecule has 5 heteroatoms. The Kier molecular flexibility index (Phi) is 7.80. The predicted molar refractivity (Wildman–Crippen MR) is 117 cm³/mol. The number of ether oxygens (including phenoxy) is 1. The lowest BCUT2D eigenvalue weighted by atomic mass is 10.0. The average molecular weight is 399 g/mol. The highest BCUT2D eigenvalue weighted by Gasteiger charge is 2.23. The molecule has 0 aromatic heterocycles. The number of benzene rings is 2. The van der Waals surface area contributed by atoms with Crippen LogP contribution in [0.4, 0.5) is 0 Å². The minimum absolute atomic E-state index is 0.00813. The molecular weight excluding hydrogens is 368 g/mol. The fraction of sp³-hybridized carbons (Fsp3) is 0.435. The summed E-state index contributed by atoms with van der Waals surface area (Å²) in [6.45, 7) is 2.77. The number of amides is 1. The summed E-state index contributed by atoms with van der Waals surface area (Å²) in [6, 6.07) is 16.3. The van der Waals surface area contributed by atoms with E-state index in [1.807, 2.05) is 36.4 Å². The fourth-order valence-corrected chi connectivity index (χ4v) is 4.25. The molecule has 28 heavy (non-hydrogen) atoms. The highest BCUT2D eigenvalue weighted by atomic mass is 32.2. The lowest BCUT2D eigenvalue weighted by molar-refractivity contribution is 0.0924. The van der Waals surface area contributed by atoms with Gasteiger partial charge in [-0.25, -0.2) is 0 Å². The monoisotopic (exact) mass is 398 g/mol. The van der Waals surface area contributed by atoms with Gasteiger partial charge in [-0.05, 0) is 67.6 Å². The van der Waals surface area contributed by atoms with Gasteiger partial charge in [0.2, 0.25) is 0 Å². The maximum Gasteiger partial charge on any atom is 0.251 e. The van der Waals surface area contributed by atoms with Crippen molar-refractivity contribution in [1.29, 1.82) is 0 Å². The number of piperidine rings is 1. The van der Waals surface area contributed by atoms with Gasteiger partial charge in [0.05, 0.1) is 13.2 Å². The van der Waals surface area contributed by atoms with Gasteiger partial charge in [0, 0.05) is 17.9 Å². The van der Waals surface area contributed by atoms with Crippen molar-refractivity contribution in [2.75, 3.05) is 33.0 Å². The van der Waals surface area contributed by atoms with E-state index in [1.165, 1.54) is 30.4 Å². The van der Waals surface area contributed by atoms with E-state index < -0.39 is 0 Å². The highest BCUT2D eigenvalue weighted by molar-refractivity contribution is 7.97. The Morgan fingerprint density at radius 3 is 2.36 bits per heavy atom. The zero-order valence-corrected chi connectivity index (χ0v) is 17.6. The molecule has 3 rings (SSSR count). The van der Waals surface area contributed by atoms with Crippen molar-refractivity contribution in [2.24, 2.45) is 0 Å². The summed E-state index contributed by atoms with van der Waals surface area (Å²) < 4.78 is 5.29.